The van der Waals surface area contributed by atoms with Gasteiger partial charge in [-0.2, -0.15) is 0 Å². The van der Waals surface area contributed by atoms with E-state index < -0.39 is 0 Å². The Hall–Kier alpha value is -0.287. The minimum absolute atomic E-state index is 0. The number of benzene rings is 1. The van der Waals surface area contributed by atoms with Crippen LogP contribution < -0.4 is 0 Å². The van der Waals surface area contributed by atoms with Crippen molar-refractivity contribution < 1.29 is 26.2 Å². The van der Waals surface area contributed by atoms with Crippen molar-refractivity contribution in [2.45, 2.75) is 72.1 Å². The van der Waals surface area contributed by atoms with Crippen molar-refractivity contribution in [3.05, 3.63) is 52.5 Å². The summed E-state index contributed by atoms with van der Waals surface area (Å²) >= 11 is 0. The van der Waals surface area contributed by atoms with Gasteiger partial charge in [0.25, 0.3) is 0 Å². The average molecular weight is 425 g/mol. The van der Waals surface area contributed by atoms with Crippen molar-refractivity contribution in [3.63, 3.8) is 0 Å². The van der Waals surface area contributed by atoms with E-state index in [1.165, 1.54) is 38.5 Å². The van der Waals surface area contributed by atoms with Gasteiger partial charge in [-0.3, -0.25) is 0 Å². The van der Waals surface area contributed by atoms with Gasteiger partial charge in [-0.15, -0.1) is 6.92 Å². The molecule has 0 aliphatic heterocycles. The number of allylic oxidation sites excluding steroid dienone is 2. The third kappa shape index (κ3) is 2.52. The quantitative estimate of drug-likeness (QED) is 0.406. The molecule has 0 bridgehead atoms. The molecule has 0 N–H and O–H groups in total. The van der Waals surface area contributed by atoms with E-state index in [0.717, 1.165) is 29.6 Å². The van der Waals surface area contributed by atoms with Gasteiger partial charge in [0.2, 0.25) is 0 Å². The van der Waals surface area contributed by atoms with Crippen molar-refractivity contribution in [3.8, 4) is 0 Å². The van der Waals surface area contributed by atoms with Gasteiger partial charge in [0.05, 0.1) is 0 Å². The number of hydrogen-bond donors (Lipinski definition) is 0. The van der Waals surface area contributed by atoms with Crippen molar-refractivity contribution in [1.82, 2.24) is 0 Å². The molecule has 2 saturated carbocycles. The van der Waals surface area contributed by atoms with E-state index in [9.17, 15) is 0 Å². The van der Waals surface area contributed by atoms with Crippen LogP contribution in [0.2, 0.25) is 0 Å². The molecule has 138 valence electrons. The van der Waals surface area contributed by atoms with Gasteiger partial charge in [0, 0.05) is 26.2 Å². The Morgan fingerprint density at radius 2 is 1.73 bits per heavy atom. The molecule has 4 aliphatic rings. The Balaban J connectivity index is 0.00000168. The summed E-state index contributed by atoms with van der Waals surface area (Å²) in [5.41, 5.74) is 7.35. The van der Waals surface area contributed by atoms with E-state index in [2.05, 4.69) is 52.0 Å². The monoisotopic (exact) mass is 423 g/mol. The Morgan fingerprint density at radius 1 is 1.04 bits per heavy atom. The van der Waals surface area contributed by atoms with Crippen molar-refractivity contribution in [2.24, 2.45) is 29.1 Å². The summed E-state index contributed by atoms with van der Waals surface area (Å²) in [6.45, 7) is 9.99. The molecule has 2 fully saturated rings. The van der Waals surface area contributed by atoms with Gasteiger partial charge in [-0.1, -0.05) is 99.1 Å². The largest absolute Gasteiger partial charge is 0.209 e. The maximum Gasteiger partial charge on any atom is 0 e. The third-order valence-corrected chi connectivity index (χ3v) is 8.89. The zero-order chi connectivity index (χ0) is 17.3. The van der Waals surface area contributed by atoms with Gasteiger partial charge in [0.1, 0.15) is 0 Å². The summed E-state index contributed by atoms with van der Waals surface area (Å²) in [6, 6.07) is 9.38. The first kappa shape index (κ1) is 19.0. The molecule has 0 heterocycles. The molecular weight excluding hydrogens is 391 g/mol. The summed E-state index contributed by atoms with van der Waals surface area (Å²) in [7, 11) is 0. The second kappa shape index (κ2) is 6.65. The van der Waals surface area contributed by atoms with E-state index in [-0.39, 0.29) is 26.2 Å². The molecule has 4 aliphatic carbocycles. The fraction of sp³-hybridized carbons (Fsp3) is 0.640. The molecule has 5 unspecified atom stereocenters. The van der Waals surface area contributed by atoms with Crippen molar-refractivity contribution in [2.75, 3.05) is 0 Å². The SMILES string of the molecule is C[C-]1C2=C3Cc4ccccc4C3C3CCCCC3C2CC(C)C1(C)C.[Zr]. The number of hydrogen-bond acceptors (Lipinski definition) is 0. The van der Waals surface area contributed by atoms with Crippen LogP contribution in [-0.2, 0) is 32.6 Å². The normalized spacial score (nSPS) is 37.2. The molecular formula is C25H33Zr-. The second-order valence-corrected chi connectivity index (χ2v) is 9.99. The van der Waals surface area contributed by atoms with Gasteiger partial charge in [-0.25, -0.2) is 17.1 Å². The zero-order valence-corrected chi connectivity index (χ0v) is 19.4. The predicted octanol–water partition coefficient (Wildman–Crippen LogP) is 6.72. The standard InChI is InChI=1S/C25H33.Zr/c1-15-13-21-19-11-7-8-12-20(19)24-18-10-6-5-9-17(18)14-22(24)23(21)16(2)25(15,3)4;/h5-6,9-10,15,19-21,24H,7-8,11-14H2,1-4H3;/q-1;. The van der Waals surface area contributed by atoms with Crippen LogP contribution in [0.5, 0.6) is 0 Å². The topological polar surface area (TPSA) is 0 Å². The molecule has 26 heavy (non-hydrogen) atoms. The maximum atomic E-state index is 2.51. The summed E-state index contributed by atoms with van der Waals surface area (Å²) in [5.74, 6) is 6.00. The molecule has 0 radical (unpaired) electrons. The van der Waals surface area contributed by atoms with Crippen LogP contribution in [0.15, 0.2) is 35.4 Å². The smallest absolute Gasteiger partial charge is 0 e. The maximum absolute atomic E-state index is 2.51. The van der Waals surface area contributed by atoms with Crippen LogP contribution >= 0.6 is 0 Å². The van der Waals surface area contributed by atoms with E-state index in [1.807, 2.05) is 11.1 Å². The molecule has 0 saturated heterocycles. The van der Waals surface area contributed by atoms with E-state index >= 15 is 0 Å². The Kier molecular flexibility index (Phi) is 4.87. The van der Waals surface area contributed by atoms with Gasteiger partial charge in [0.15, 0.2) is 0 Å². The molecule has 0 nitrogen and oxygen atoms in total. The minimum atomic E-state index is 0. The Labute approximate surface area is 179 Å². The first-order valence-electron chi connectivity index (χ1n) is 10.6. The van der Waals surface area contributed by atoms with Crippen LogP contribution in [0.4, 0.5) is 0 Å². The van der Waals surface area contributed by atoms with E-state index in [1.54, 1.807) is 17.0 Å². The zero-order valence-electron chi connectivity index (χ0n) is 16.9. The summed E-state index contributed by atoms with van der Waals surface area (Å²) < 4.78 is 0. The fourth-order valence-electron chi connectivity index (χ4n) is 7.01. The molecule has 1 aromatic carbocycles. The molecule has 1 aromatic rings. The van der Waals surface area contributed by atoms with Crippen LogP contribution in [0, 0.1) is 35.0 Å². The fourth-order valence-corrected chi connectivity index (χ4v) is 7.01. The summed E-state index contributed by atoms with van der Waals surface area (Å²) in [4.78, 5) is 0. The molecule has 0 aromatic heterocycles. The Bertz CT molecular complexity index is 727. The van der Waals surface area contributed by atoms with Gasteiger partial charge >= 0.3 is 0 Å². The molecule has 0 amide bonds. The molecule has 0 spiro atoms. The number of rotatable bonds is 0. The van der Waals surface area contributed by atoms with Crippen molar-refractivity contribution in [1.29, 1.82) is 0 Å². The van der Waals surface area contributed by atoms with Crippen molar-refractivity contribution >= 4 is 0 Å². The first-order valence-corrected chi connectivity index (χ1v) is 10.6. The van der Waals surface area contributed by atoms with Crippen LogP contribution in [0.1, 0.15) is 76.8 Å². The van der Waals surface area contributed by atoms with E-state index in [0.29, 0.717) is 5.41 Å². The van der Waals surface area contributed by atoms with Gasteiger partial charge < -0.3 is 0 Å². The summed E-state index contributed by atoms with van der Waals surface area (Å²) in [5, 5.41) is 0. The molecule has 1 heteroatoms. The first-order chi connectivity index (χ1) is 12.0. The summed E-state index contributed by atoms with van der Waals surface area (Å²) in [6.07, 6.45) is 8.52. The minimum Gasteiger partial charge on any atom is -0.209 e. The Morgan fingerprint density at radius 3 is 2.50 bits per heavy atom. The van der Waals surface area contributed by atoms with Crippen LogP contribution in [0.3, 0.4) is 0 Å². The van der Waals surface area contributed by atoms with E-state index in [4.69, 9.17) is 0 Å². The second-order valence-electron chi connectivity index (χ2n) is 9.99. The van der Waals surface area contributed by atoms with Gasteiger partial charge in [-0.05, 0) is 30.6 Å². The average Bonchev–Trinajstić information content (AvgIpc) is 2.99. The molecule has 5 atom stereocenters. The number of fused-ring (bicyclic) bond motifs is 7. The van der Waals surface area contributed by atoms with Crippen LogP contribution in [-0.4, -0.2) is 0 Å². The third-order valence-electron chi connectivity index (χ3n) is 8.89. The van der Waals surface area contributed by atoms with Crippen LogP contribution in [0.25, 0.3) is 0 Å². The predicted molar refractivity (Wildman–Crippen MR) is 105 cm³/mol. The molecule has 5 rings (SSSR count).